The van der Waals surface area contributed by atoms with Gasteiger partial charge in [-0.1, -0.05) is 12.1 Å². The summed E-state index contributed by atoms with van der Waals surface area (Å²) in [4.78, 5) is 11.6. The molecule has 1 rings (SSSR count). The summed E-state index contributed by atoms with van der Waals surface area (Å²) in [6.07, 6.45) is -0.742. The Bertz CT molecular complexity index is 397. The van der Waals surface area contributed by atoms with Crippen LogP contribution in [0.5, 0.6) is 0 Å². The van der Waals surface area contributed by atoms with Crippen LogP contribution in [0.3, 0.4) is 0 Å². The van der Waals surface area contributed by atoms with E-state index in [2.05, 4.69) is 5.32 Å². The quantitative estimate of drug-likeness (QED) is 0.776. The van der Waals surface area contributed by atoms with Crippen molar-refractivity contribution in [3.63, 3.8) is 0 Å². The molecule has 3 N–H and O–H groups in total. The summed E-state index contributed by atoms with van der Waals surface area (Å²) in [5.74, 6) is 0. The van der Waals surface area contributed by atoms with Gasteiger partial charge in [0.1, 0.15) is 6.10 Å². The van der Waals surface area contributed by atoms with Crippen LogP contribution in [-0.4, -0.2) is 11.6 Å². The predicted molar refractivity (Wildman–Crippen MR) is 68.6 cm³/mol. The van der Waals surface area contributed by atoms with Crippen molar-refractivity contribution < 1.29 is 9.53 Å². The number of nitrogens with two attached hydrogens (primary N) is 1. The molecule has 0 fully saturated rings. The van der Waals surface area contributed by atoms with Gasteiger partial charge in [0.2, 0.25) is 0 Å². The maximum atomic E-state index is 11.6. The van der Waals surface area contributed by atoms with Gasteiger partial charge in [0.05, 0.1) is 0 Å². The summed E-state index contributed by atoms with van der Waals surface area (Å²) in [6.45, 7) is 7.52. The van der Waals surface area contributed by atoms with Crippen LogP contribution in [-0.2, 0) is 4.74 Å². The van der Waals surface area contributed by atoms with E-state index in [4.69, 9.17) is 10.5 Å². The van der Waals surface area contributed by atoms with Gasteiger partial charge >= 0.3 is 6.09 Å². The lowest BCUT2D eigenvalue weighted by Crippen LogP contribution is -2.41. The van der Waals surface area contributed by atoms with Gasteiger partial charge in [-0.05, 0) is 45.4 Å². The minimum absolute atomic E-state index is 0.299. The highest BCUT2D eigenvalue weighted by atomic mass is 16.6. The molecule has 1 aromatic rings. The topological polar surface area (TPSA) is 64.3 Å². The van der Waals surface area contributed by atoms with Crippen LogP contribution in [0.15, 0.2) is 24.3 Å². The van der Waals surface area contributed by atoms with Crippen molar-refractivity contribution in [3.05, 3.63) is 29.8 Å². The van der Waals surface area contributed by atoms with Crippen LogP contribution in [0.1, 0.15) is 39.4 Å². The Morgan fingerprint density at radius 3 is 2.59 bits per heavy atom. The summed E-state index contributed by atoms with van der Waals surface area (Å²) in [5, 5.41) is 2.74. The van der Waals surface area contributed by atoms with Crippen LogP contribution < -0.4 is 11.1 Å². The molecule has 0 radical (unpaired) electrons. The van der Waals surface area contributed by atoms with Gasteiger partial charge in [0, 0.05) is 11.2 Å². The van der Waals surface area contributed by atoms with Crippen LogP contribution in [0.25, 0.3) is 0 Å². The number of rotatable bonds is 2. The Morgan fingerprint density at radius 1 is 1.41 bits per heavy atom. The third-order valence-corrected chi connectivity index (χ3v) is 2.14. The first-order chi connectivity index (χ1) is 7.78. The number of anilines is 1. The van der Waals surface area contributed by atoms with E-state index in [1.165, 1.54) is 0 Å². The largest absolute Gasteiger partial charge is 0.442 e. The molecule has 0 aliphatic carbocycles. The number of amides is 1. The first-order valence-electron chi connectivity index (χ1n) is 5.62. The van der Waals surface area contributed by atoms with Crippen molar-refractivity contribution in [2.75, 3.05) is 5.73 Å². The normalized spacial score (nSPS) is 12.9. The zero-order valence-corrected chi connectivity index (χ0v) is 10.8. The summed E-state index contributed by atoms with van der Waals surface area (Å²) in [5.41, 5.74) is 6.92. The zero-order valence-electron chi connectivity index (χ0n) is 10.8. The lowest BCUT2D eigenvalue weighted by Gasteiger charge is -2.22. The summed E-state index contributed by atoms with van der Waals surface area (Å²) in [7, 11) is 0. The molecule has 1 aromatic carbocycles. The summed E-state index contributed by atoms with van der Waals surface area (Å²) < 4.78 is 5.26. The first-order valence-corrected chi connectivity index (χ1v) is 5.62. The monoisotopic (exact) mass is 236 g/mol. The molecule has 17 heavy (non-hydrogen) atoms. The molecule has 0 saturated heterocycles. The van der Waals surface area contributed by atoms with Crippen molar-refractivity contribution >= 4 is 11.8 Å². The van der Waals surface area contributed by atoms with Crippen LogP contribution in [0.2, 0.25) is 0 Å². The molecule has 0 saturated carbocycles. The number of nitrogen functional groups attached to an aromatic ring is 1. The standard InChI is InChI=1S/C13H20N2O2/c1-9(10-6-5-7-11(14)8-10)17-12(16)15-13(2,3)4/h5-9H,14H2,1-4H3,(H,15,16). The summed E-state index contributed by atoms with van der Waals surface area (Å²) in [6, 6.07) is 7.32. The second-order valence-corrected chi connectivity index (χ2v) is 5.09. The molecule has 0 spiro atoms. The minimum atomic E-state index is -0.424. The molecule has 4 heteroatoms. The van der Waals surface area contributed by atoms with Crippen molar-refractivity contribution in [2.45, 2.75) is 39.3 Å². The van der Waals surface area contributed by atoms with E-state index >= 15 is 0 Å². The van der Waals surface area contributed by atoms with E-state index in [9.17, 15) is 4.79 Å². The molecular weight excluding hydrogens is 216 g/mol. The molecule has 1 unspecified atom stereocenters. The molecule has 0 aliphatic heterocycles. The van der Waals surface area contributed by atoms with Crippen molar-refractivity contribution in [3.8, 4) is 0 Å². The maximum Gasteiger partial charge on any atom is 0.408 e. The highest BCUT2D eigenvalue weighted by Crippen LogP contribution is 2.19. The van der Waals surface area contributed by atoms with Crippen molar-refractivity contribution in [1.82, 2.24) is 5.32 Å². The first kappa shape index (κ1) is 13.4. The third-order valence-electron chi connectivity index (χ3n) is 2.14. The number of benzene rings is 1. The van der Waals surface area contributed by atoms with E-state index in [0.717, 1.165) is 5.56 Å². The molecule has 0 aromatic heterocycles. The number of hydrogen-bond acceptors (Lipinski definition) is 3. The van der Waals surface area contributed by atoms with Gasteiger partial charge in [-0.2, -0.15) is 0 Å². The minimum Gasteiger partial charge on any atom is -0.442 e. The molecule has 1 atom stereocenters. The number of carbonyl (C=O) groups is 1. The Morgan fingerprint density at radius 2 is 2.06 bits per heavy atom. The van der Waals surface area contributed by atoms with Gasteiger partial charge < -0.3 is 15.8 Å². The summed E-state index contributed by atoms with van der Waals surface area (Å²) >= 11 is 0. The van der Waals surface area contributed by atoms with E-state index in [0.29, 0.717) is 5.69 Å². The van der Waals surface area contributed by atoms with Crippen LogP contribution in [0.4, 0.5) is 10.5 Å². The Labute approximate surface area is 102 Å². The van der Waals surface area contributed by atoms with E-state index in [-0.39, 0.29) is 11.6 Å². The lowest BCUT2D eigenvalue weighted by atomic mass is 10.1. The zero-order chi connectivity index (χ0) is 13.1. The number of hydrogen-bond donors (Lipinski definition) is 2. The van der Waals surface area contributed by atoms with Gasteiger partial charge in [-0.3, -0.25) is 0 Å². The highest BCUT2D eigenvalue weighted by Gasteiger charge is 2.17. The molecule has 0 heterocycles. The second kappa shape index (κ2) is 5.08. The van der Waals surface area contributed by atoms with Crippen molar-refractivity contribution in [2.24, 2.45) is 0 Å². The Balaban J connectivity index is 2.61. The average Bonchev–Trinajstić information content (AvgIpc) is 2.14. The molecule has 0 aliphatic rings. The number of nitrogens with one attached hydrogen (secondary N) is 1. The average molecular weight is 236 g/mol. The van der Waals surface area contributed by atoms with Gasteiger partial charge in [-0.25, -0.2) is 4.79 Å². The van der Waals surface area contributed by atoms with E-state index < -0.39 is 6.09 Å². The fourth-order valence-electron chi connectivity index (χ4n) is 1.38. The molecule has 1 amide bonds. The third kappa shape index (κ3) is 4.76. The molecule has 4 nitrogen and oxygen atoms in total. The fourth-order valence-corrected chi connectivity index (χ4v) is 1.38. The Hall–Kier alpha value is -1.71. The SMILES string of the molecule is CC(OC(=O)NC(C)(C)C)c1cccc(N)c1. The highest BCUT2D eigenvalue weighted by molar-refractivity contribution is 5.68. The molecule has 0 bridgehead atoms. The van der Waals surface area contributed by atoms with Gasteiger partial charge in [-0.15, -0.1) is 0 Å². The molecular formula is C13H20N2O2. The van der Waals surface area contributed by atoms with Crippen LogP contribution in [0, 0.1) is 0 Å². The molecule has 94 valence electrons. The smallest absolute Gasteiger partial charge is 0.408 e. The fraction of sp³-hybridized carbons (Fsp3) is 0.462. The van der Waals surface area contributed by atoms with Gasteiger partial charge in [0.15, 0.2) is 0 Å². The van der Waals surface area contributed by atoms with Gasteiger partial charge in [0.25, 0.3) is 0 Å². The number of alkyl carbamates (subject to hydrolysis) is 1. The Kier molecular flexibility index (Phi) is 3.99. The van der Waals surface area contributed by atoms with Crippen molar-refractivity contribution in [1.29, 1.82) is 0 Å². The lowest BCUT2D eigenvalue weighted by molar-refractivity contribution is 0.100. The number of ether oxygens (including phenoxy) is 1. The van der Waals surface area contributed by atoms with Crippen LogP contribution >= 0.6 is 0 Å². The van der Waals surface area contributed by atoms with E-state index in [1.54, 1.807) is 12.1 Å². The number of carbonyl (C=O) groups excluding carboxylic acids is 1. The van der Waals surface area contributed by atoms with E-state index in [1.807, 2.05) is 39.8 Å². The predicted octanol–water partition coefficient (Wildman–Crippen LogP) is 2.85. The second-order valence-electron chi connectivity index (χ2n) is 5.09. The maximum absolute atomic E-state index is 11.6.